The number of likely N-dealkylation sites (N-methyl/N-ethyl adjacent to an activating group) is 1. The standard InChI is InChI=1S/C18H16F3NO3/c1-22-16(23)10-25-14-8-12(7-13(9-14)18(19,20)21)15-4-2-3-11-5-6-24-17(11)15/h2-4,7-9H,5-6,10H2,1H3,(H,22,23). The highest BCUT2D eigenvalue weighted by atomic mass is 19.4. The fraction of sp³-hybridized carbons (Fsp3) is 0.278. The summed E-state index contributed by atoms with van der Waals surface area (Å²) in [5.74, 6) is 0.144. The summed E-state index contributed by atoms with van der Waals surface area (Å²) < 4.78 is 50.5. The third-order valence-corrected chi connectivity index (χ3v) is 3.91. The second-order valence-corrected chi connectivity index (χ2v) is 5.60. The van der Waals surface area contributed by atoms with E-state index in [2.05, 4.69) is 5.32 Å². The van der Waals surface area contributed by atoms with Crippen LogP contribution < -0.4 is 14.8 Å². The number of carbonyl (C=O) groups is 1. The molecule has 0 bridgehead atoms. The van der Waals surface area contributed by atoms with Gasteiger partial charge in [-0.2, -0.15) is 13.2 Å². The smallest absolute Gasteiger partial charge is 0.416 e. The fourth-order valence-corrected chi connectivity index (χ4v) is 2.67. The van der Waals surface area contributed by atoms with Gasteiger partial charge in [-0.05, 0) is 29.3 Å². The van der Waals surface area contributed by atoms with Crippen LogP contribution in [0.5, 0.6) is 11.5 Å². The van der Waals surface area contributed by atoms with Gasteiger partial charge in [-0.1, -0.05) is 18.2 Å². The topological polar surface area (TPSA) is 47.6 Å². The molecule has 1 aliphatic heterocycles. The lowest BCUT2D eigenvalue weighted by Gasteiger charge is -2.14. The van der Waals surface area contributed by atoms with Gasteiger partial charge in [-0.15, -0.1) is 0 Å². The van der Waals surface area contributed by atoms with Gasteiger partial charge in [-0.25, -0.2) is 0 Å². The molecular weight excluding hydrogens is 335 g/mol. The first kappa shape index (κ1) is 17.1. The van der Waals surface area contributed by atoms with Gasteiger partial charge in [0.15, 0.2) is 6.61 Å². The number of benzene rings is 2. The second kappa shape index (κ2) is 6.66. The first-order valence-electron chi connectivity index (χ1n) is 7.69. The molecule has 0 unspecified atom stereocenters. The average Bonchev–Trinajstić information content (AvgIpc) is 3.07. The van der Waals surface area contributed by atoms with Crippen LogP contribution in [0, 0.1) is 0 Å². The molecule has 0 radical (unpaired) electrons. The number of fused-ring (bicyclic) bond motifs is 1. The molecule has 4 nitrogen and oxygen atoms in total. The van der Waals surface area contributed by atoms with E-state index in [0.717, 1.165) is 24.1 Å². The van der Waals surface area contributed by atoms with Crippen LogP contribution in [0.3, 0.4) is 0 Å². The van der Waals surface area contributed by atoms with Gasteiger partial charge in [0.25, 0.3) is 5.91 Å². The maximum Gasteiger partial charge on any atom is 0.416 e. The molecule has 1 aliphatic rings. The van der Waals surface area contributed by atoms with Gasteiger partial charge in [0.05, 0.1) is 12.2 Å². The SMILES string of the molecule is CNC(=O)COc1cc(-c2cccc3c2OCC3)cc(C(F)(F)F)c1. The molecule has 0 saturated heterocycles. The van der Waals surface area contributed by atoms with Crippen molar-refractivity contribution < 1.29 is 27.4 Å². The Balaban J connectivity index is 2.04. The highest BCUT2D eigenvalue weighted by Crippen LogP contribution is 2.41. The van der Waals surface area contributed by atoms with E-state index in [4.69, 9.17) is 9.47 Å². The number of carbonyl (C=O) groups excluding carboxylic acids is 1. The minimum absolute atomic E-state index is 0.0241. The predicted molar refractivity (Wildman–Crippen MR) is 85.6 cm³/mol. The van der Waals surface area contributed by atoms with Crippen molar-refractivity contribution in [2.24, 2.45) is 0 Å². The summed E-state index contributed by atoms with van der Waals surface area (Å²) in [6.07, 6.45) is -3.80. The summed E-state index contributed by atoms with van der Waals surface area (Å²) in [4.78, 5) is 11.3. The van der Waals surface area contributed by atoms with Crippen LogP contribution in [0.1, 0.15) is 11.1 Å². The van der Waals surface area contributed by atoms with Crippen molar-refractivity contribution in [1.82, 2.24) is 5.32 Å². The summed E-state index contributed by atoms with van der Waals surface area (Å²) in [7, 11) is 1.42. The van der Waals surface area contributed by atoms with Crippen molar-refractivity contribution in [3.05, 3.63) is 47.5 Å². The highest BCUT2D eigenvalue weighted by molar-refractivity contribution is 5.77. The first-order valence-corrected chi connectivity index (χ1v) is 7.69. The summed E-state index contributed by atoms with van der Waals surface area (Å²) >= 11 is 0. The van der Waals surface area contributed by atoms with Gasteiger partial charge < -0.3 is 14.8 Å². The molecule has 2 aromatic carbocycles. The van der Waals surface area contributed by atoms with E-state index in [-0.39, 0.29) is 12.4 Å². The van der Waals surface area contributed by atoms with E-state index in [1.54, 1.807) is 12.1 Å². The molecular formula is C18H16F3NO3. The van der Waals surface area contributed by atoms with Crippen molar-refractivity contribution in [1.29, 1.82) is 0 Å². The van der Waals surface area contributed by atoms with Crippen LogP contribution in [0.2, 0.25) is 0 Å². The third kappa shape index (κ3) is 3.70. The van der Waals surface area contributed by atoms with Gasteiger partial charge >= 0.3 is 6.18 Å². The molecule has 1 heterocycles. The normalized spacial score (nSPS) is 13.1. The van der Waals surface area contributed by atoms with Crippen molar-refractivity contribution in [2.45, 2.75) is 12.6 Å². The summed E-state index contributed by atoms with van der Waals surface area (Å²) in [5, 5.41) is 2.35. The van der Waals surface area contributed by atoms with Crippen molar-refractivity contribution in [2.75, 3.05) is 20.3 Å². The number of para-hydroxylation sites is 1. The lowest BCUT2D eigenvalue weighted by Crippen LogP contribution is -2.24. The van der Waals surface area contributed by atoms with Gasteiger partial charge in [0, 0.05) is 19.0 Å². The van der Waals surface area contributed by atoms with Crippen LogP contribution in [0.4, 0.5) is 13.2 Å². The Morgan fingerprint density at radius 3 is 2.80 bits per heavy atom. The zero-order valence-electron chi connectivity index (χ0n) is 13.4. The van der Waals surface area contributed by atoms with Crippen molar-refractivity contribution in [3.8, 4) is 22.6 Å². The third-order valence-electron chi connectivity index (χ3n) is 3.91. The van der Waals surface area contributed by atoms with E-state index >= 15 is 0 Å². The molecule has 3 rings (SSSR count). The number of amides is 1. The van der Waals surface area contributed by atoms with Crippen LogP contribution in [-0.4, -0.2) is 26.2 Å². The van der Waals surface area contributed by atoms with Crippen LogP contribution in [0.15, 0.2) is 36.4 Å². The summed E-state index contributed by atoms with van der Waals surface area (Å²) in [5.41, 5.74) is 1.03. The Hall–Kier alpha value is -2.70. The van der Waals surface area contributed by atoms with Crippen LogP contribution in [0.25, 0.3) is 11.1 Å². The van der Waals surface area contributed by atoms with Crippen molar-refractivity contribution in [3.63, 3.8) is 0 Å². The largest absolute Gasteiger partial charge is 0.492 e. The Kier molecular flexibility index (Phi) is 4.57. The highest BCUT2D eigenvalue weighted by Gasteiger charge is 2.32. The zero-order chi connectivity index (χ0) is 18.0. The molecule has 0 atom stereocenters. The Bertz CT molecular complexity index is 803. The molecule has 25 heavy (non-hydrogen) atoms. The minimum Gasteiger partial charge on any atom is -0.492 e. The average molecular weight is 351 g/mol. The van der Waals surface area contributed by atoms with Gasteiger partial charge in [0.1, 0.15) is 11.5 Å². The van der Waals surface area contributed by atoms with Gasteiger partial charge in [0.2, 0.25) is 0 Å². The predicted octanol–water partition coefficient (Wildman–Crippen LogP) is 3.43. The lowest BCUT2D eigenvalue weighted by atomic mass is 9.99. The molecule has 2 aromatic rings. The summed E-state index contributed by atoms with van der Waals surface area (Å²) in [6, 6.07) is 8.81. The molecule has 132 valence electrons. The lowest BCUT2D eigenvalue weighted by molar-refractivity contribution is -0.137. The number of hydrogen-bond acceptors (Lipinski definition) is 3. The van der Waals surface area contributed by atoms with Crippen molar-refractivity contribution >= 4 is 5.91 Å². The number of hydrogen-bond donors (Lipinski definition) is 1. The molecule has 0 aliphatic carbocycles. The van der Waals surface area contributed by atoms with Crippen LogP contribution >= 0.6 is 0 Å². The summed E-state index contributed by atoms with van der Waals surface area (Å²) in [6.45, 7) is 0.145. The second-order valence-electron chi connectivity index (χ2n) is 5.60. The Labute approximate surface area is 142 Å². The Morgan fingerprint density at radius 1 is 1.28 bits per heavy atom. The molecule has 0 aromatic heterocycles. The van der Waals surface area contributed by atoms with E-state index in [0.29, 0.717) is 23.5 Å². The van der Waals surface area contributed by atoms with E-state index in [9.17, 15) is 18.0 Å². The fourth-order valence-electron chi connectivity index (χ4n) is 2.67. The van der Waals surface area contributed by atoms with E-state index in [1.165, 1.54) is 13.1 Å². The number of nitrogens with one attached hydrogen (secondary N) is 1. The van der Waals surface area contributed by atoms with E-state index < -0.39 is 17.6 Å². The first-order chi connectivity index (χ1) is 11.9. The molecule has 0 spiro atoms. The number of rotatable bonds is 4. The Morgan fingerprint density at radius 2 is 2.08 bits per heavy atom. The molecule has 0 saturated carbocycles. The monoisotopic (exact) mass is 351 g/mol. The van der Waals surface area contributed by atoms with Gasteiger partial charge in [-0.3, -0.25) is 4.79 Å². The molecule has 7 heteroatoms. The molecule has 1 N–H and O–H groups in total. The maximum atomic E-state index is 13.2. The maximum absolute atomic E-state index is 13.2. The minimum atomic E-state index is -4.53. The zero-order valence-corrected chi connectivity index (χ0v) is 13.4. The number of halogens is 3. The number of ether oxygens (including phenoxy) is 2. The molecule has 0 fully saturated rings. The quantitative estimate of drug-likeness (QED) is 0.918. The van der Waals surface area contributed by atoms with Crippen LogP contribution in [-0.2, 0) is 17.4 Å². The molecule has 1 amide bonds. The number of alkyl halides is 3. The van der Waals surface area contributed by atoms with E-state index in [1.807, 2.05) is 6.07 Å².